The van der Waals surface area contributed by atoms with Crippen LogP contribution in [0.25, 0.3) is 0 Å². The van der Waals surface area contributed by atoms with E-state index in [2.05, 4.69) is 0 Å². The van der Waals surface area contributed by atoms with Crippen LogP contribution in [0.3, 0.4) is 0 Å². The molecule has 27 heavy (non-hydrogen) atoms. The van der Waals surface area contributed by atoms with E-state index in [-0.39, 0.29) is 46.7 Å². The number of hydrogen-bond acceptors (Lipinski definition) is 6. The van der Waals surface area contributed by atoms with E-state index in [1.54, 1.807) is 24.3 Å². The van der Waals surface area contributed by atoms with Gasteiger partial charge in [-0.1, -0.05) is 12.1 Å². The number of carbonyl (C=O) groups is 2. The summed E-state index contributed by atoms with van der Waals surface area (Å²) in [6.07, 6.45) is -2.03. The summed E-state index contributed by atoms with van der Waals surface area (Å²) in [5, 5.41) is 31.0. The lowest BCUT2D eigenvalue weighted by molar-refractivity contribution is -0.0992. The van der Waals surface area contributed by atoms with Gasteiger partial charge >= 0.3 is 0 Å². The van der Waals surface area contributed by atoms with Gasteiger partial charge in [-0.05, 0) is 36.2 Å². The van der Waals surface area contributed by atoms with Gasteiger partial charge in [0.05, 0.1) is 30.5 Å². The van der Waals surface area contributed by atoms with E-state index in [9.17, 15) is 24.9 Å². The molecule has 0 amide bonds. The van der Waals surface area contributed by atoms with Gasteiger partial charge in [0.1, 0.15) is 5.75 Å². The molecule has 0 radical (unpaired) electrons. The van der Waals surface area contributed by atoms with E-state index in [4.69, 9.17) is 4.74 Å². The number of ketones is 2. The Bertz CT molecular complexity index is 977. The number of hydrogen-bond donors (Lipinski definition) is 3. The van der Waals surface area contributed by atoms with Gasteiger partial charge in [0.25, 0.3) is 0 Å². The van der Waals surface area contributed by atoms with Crippen LogP contribution in [-0.4, -0.2) is 45.7 Å². The molecule has 0 unspecified atom stereocenters. The van der Waals surface area contributed by atoms with E-state index in [1.807, 2.05) is 0 Å². The summed E-state index contributed by atoms with van der Waals surface area (Å²) in [5.41, 5.74) is 0.529. The van der Waals surface area contributed by atoms with Crippen molar-refractivity contribution in [3.63, 3.8) is 0 Å². The summed E-state index contributed by atoms with van der Waals surface area (Å²) < 4.78 is 5.25. The lowest BCUT2D eigenvalue weighted by Crippen LogP contribution is -2.46. The van der Waals surface area contributed by atoms with E-state index in [0.29, 0.717) is 16.9 Å². The fourth-order valence-electron chi connectivity index (χ4n) is 4.07. The van der Waals surface area contributed by atoms with Crippen LogP contribution >= 0.6 is 0 Å². The van der Waals surface area contributed by atoms with Gasteiger partial charge in [-0.15, -0.1) is 0 Å². The Labute approximate surface area is 156 Å². The second kappa shape index (κ2) is 5.99. The molecule has 3 atom stereocenters. The molecule has 0 aliphatic heterocycles. The zero-order valence-corrected chi connectivity index (χ0v) is 15.0. The van der Waals surface area contributed by atoms with Gasteiger partial charge in [-0.2, -0.15) is 0 Å². The summed E-state index contributed by atoms with van der Waals surface area (Å²) in [5.74, 6) is -0.302. The molecule has 2 aliphatic rings. The third kappa shape index (κ3) is 2.52. The van der Waals surface area contributed by atoms with Crippen LogP contribution in [0.2, 0.25) is 0 Å². The number of aliphatic hydroxyl groups is 3. The van der Waals surface area contributed by atoms with Crippen LogP contribution in [0.4, 0.5) is 0 Å². The topological polar surface area (TPSA) is 104 Å². The average molecular weight is 368 g/mol. The van der Waals surface area contributed by atoms with Crippen LogP contribution in [-0.2, 0) is 6.42 Å². The predicted octanol–water partition coefficient (Wildman–Crippen LogP) is 1.56. The highest BCUT2D eigenvalue weighted by molar-refractivity contribution is 6.29. The maximum Gasteiger partial charge on any atom is 0.198 e. The molecule has 0 bridgehead atoms. The van der Waals surface area contributed by atoms with Gasteiger partial charge < -0.3 is 20.1 Å². The van der Waals surface area contributed by atoms with Crippen molar-refractivity contribution in [3.8, 4) is 5.75 Å². The van der Waals surface area contributed by atoms with Gasteiger partial charge in [-0.25, -0.2) is 0 Å². The normalized spacial score (nSPS) is 24.7. The summed E-state index contributed by atoms with van der Waals surface area (Å²) in [7, 11) is 1.44. The first-order valence-electron chi connectivity index (χ1n) is 8.78. The number of benzene rings is 2. The first kappa shape index (κ1) is 17.9. The van der Waals surface area contributed by atoms with Crippen molar-refractivity contribution in [2.75, 3.05) is 7.11 Å². The van der Waals surface area contributed by atoms with E-state index in [1.165, 1.54) is 20.1 Å². The Morgan fingerprint density at radius 2 is 1.85 bits per heavy atom. The maximum absolute atomic E-state index is 13.1. The lowest BCUT2D eigenvalue weighted by atomic mass is 9.73. The summed E-state index contributed by atoms with van der Waals surface area (Å²) >= 11 is 0. The molecule has 2 aromatic carbocycles. The smallest absolute Gasteiger partial charge is 0.198 e. The molecule has 0 spiro atoms. The zero-order valence-electron chi connectivity index (χ0n) is 15.0. The van der Waals surface area contributed by atoms with Crippen molar-refractivity contribution in [1.29, 1.82) is 0 Å². The third-order valence-corrected chi connectivity index (χ3v) is 5.67. The monoisotopic (exact) mass is 368 g/mol. The number of ether oxygens (including phenoxy) is 1. The predicted molar refractivity (Wildman–Crippen MR) is 96.2 cm³/mol. The Balaban J connectivity index is 1.90. The highest BCUT2D eigenvalue weighted by Crippen LogP contribution is 2.41. The van der Waals surface area contributed by atoms with Crippen molar-refractivity contribution < 1.29 is 29.6 Å². The highest BCUT2D eigenvalue weighted by atomic mass is 16.5. The number of aliphatic hydroxyl groups excluding tert-OH is 2. The molecule has 0 heterocycles. The zero-order chi connectivity index (χ0) is 19.5. The highest BCUT2D eigenvalue weighted by Gasteiger charge is 2.42. The van der Waals surface area contributed by atoms with Crippen molar-refractivity contribution in [2.45, 2.75) is 37.6 Å². The molecule has 0 saturated carbocycles. The van der Waals surface area contributed by atoms with E-state index >= 15 is 0 Å². The quantitative estimate of drug-likeness (QED) is 0.634. The van der Waals surface area contributed by atoms with Gasteiger partial charge in [-0.3, -0.25) is 9.59 Å². The number of fused-ring (bicyclic) bond motifs is 3. The molecule has 6 nitrogen and oxygen atoms in total. The fraction of sp³-hybridized carbons (Fsp3) is 0.333. The number of rotatable bonds is 2. The van der Waals surface area contributed by atoms with Crippen LogP contribution in [0, 0.1) is 0 Å². The largest absolute Gasteiger partial charge is 0.496 e. The lowest BCUT2D eigenvalue weighted by Gasteiger charge is -2.39. The first-order chi connectivity index (χ1) is 12.8. The van der Waals surface area contributed by atoms with Gasteiger partial charge in [0, 0.05) is 29.5 Å². The molecule has 2 aromatic rings. The molecule has 0 fully saturated rings. The average Bonchev–Trinajstić information content (AvgIpc) is 2.64. The molecule has 0 aromatic heterocycles. The molecule has 0 saturated heterocycles. The summed E-state index contributed by atoms with van der Waals surface area (Å²) in [4.78, 5) is 26.1. The molecule has 2 aliphatic carbocycles. The van der Waals surface area contributed by atoms with Crippen molar-refractivity contribution in [1.82, 2.24) is 0 Å². The standard InChI is InChI=1S/C21H20O6/c1-10(22)21(26)8-11-6-14-15(7-13(11)16(23)9-21)20(25)18-12(19(14)24)4-3-5-17(18)27-2/h3-7,10,16,22-23,26H,8-9H2,1-2H3/t10-,16-,21-/m0/s1. The van der Waals surface area contributed by atoms with Crippen LogP contribution in [0.1, 0.15) is 62.4 Å². The maximum atomic E-state index is 13.1. The van der Waals surface area contributed by atoms with Crippen molar-refractivity contribution in [2.24, 2.45) is 0 Å². The van der Waals surface area contributed by atoms with Crippen LogP contribution in [0.5, 0.6) is 5.75 Å². The van der Waals surface area contributed by atoms with Crippen LogP contribution < -0.4 is 4.74 Å². The molecular weight excluding hydrogens is 348 g/mol. The first-order valence-corrected chi connectivity index (χ1v) is 8.78. The number of carbonyl (C=O) groups excluding carboxylic acids is 2. The van der Waals surface area contributed by atoms with E-state index in [0.717, 1.165) is 0 Å². The molecule has 4 rings (SSSR count). The van der Waals surface area contributed by atoms with Crippen LogP contribution in [0.15, 0.2) is 30.3 Å². The second-order valence-electron chi connectivity index (χ2n) is 7.31. The summed E-state index contributed by atoms with van der Waals surface area (Å²) in [6.45, 7) is 1.47. The second-order valence-corrected chi connectivity index (χ2v) is 7.31. The Morgan fingerprint density at radius 1 is 1.15 bits per heavy atom. The third-order valence-electron chi connectivity index (χ3n) is 5.67. The van der Waals surface area contributed by atoms with Crippen molar-refractivity contribution in [3.05, 3.63) is 63.7 Å². The van der Waals surface area contributed by atoms with Gasteiger partial charge in [0.2, 0.25) is 0 Å². The van der Waals surface area contributed by atoms with Crippen molar-refractivity contribution >= 4 is 11.6 Å². The van der Waals surface area contributed by atoms with Gasteiger partial charge in [0.15, 0.2) is 11.6 Å². The Morgan fingerprint density at radius 3 is 2.52 bits per heavy atom. The fourth-order valence-corrected chi connectivity index (χ4v) is 4.07. The molecular formula is C21H20O6. The summed E-state index contributed by atoms with van der Waals surface area (Å²) in [6, 6.07) is 7.96. The van der Waals surface area contributed by atoms with E-state index < -0.39 is 17.8 Å². The Hall–Kier alpha value is -2.54. The minimum atomic E-state index is -1.48. The number of methoxy groups -OCH3 is 1. The Kier molecular flexibility index (Phi) is 3.96. The molecule has 3 N–H and O–H groups in total. The molecule has 140 valence electrons. The molecule has 6 heteroatoms. The minimum absolute atomic E-state index is 0.0432. The SMILES string of the molecule is COc1cccc2c1C(=O)c1cc3c(cc1C2=O)C[C@@](O)([C@H](C)O)C[C@@H]3O. The minimum Gasteiger partial charge on any atom is -0.496 e.